The van der Waals surface area contributed by atoms with Crippen LogP contribution in [-0.2, 0) is 0 Å². The Hall–Kier alpha value is -1.37. The minimum Gasteiger partial charge on any atom is -0.389 e. The summed E-state index contributed by atoms with van der Waals surface area (Å²) in [6, 6.07) is 0. The Morgan fingerprint density at radius 1 is 1.12 bits per heavy atom. The molecule has 1 aromatic heterocycles. The van der Waals surface area contributed by atoms with Gasteiger partial charge in [0.25, 0.3) is 11.9 Å². The SMILES string of the molecule is CC(C)(O)CNc1c(F)c(F)nc(F)c1F. The lowest BCUT2D eigenvalue weighted by atomic mass is 10.1. The number of nitrogens with zero attached hydrogens (tertiary/aromatic N) is 1. The van der Waals surface area contributed by atoms with E-state index in [4.69, 9.17) is 0 Å². The molecule has 0 atom stereocenters. The third-order valence-electron chi connectivity index (χ3n) is 1.70. The first-order valence-electron chi connectivity index (χ1n) is 4.38. The Balaban J connectivity index is 3.04. The first kappa shape index (κ1) is 12.7. The van der Waals surface area contributed by atoms with Gasteiger partial charge >= 0.3 is 0 Å². The number of rotatable bonds is 3. The van der Waals surface area contributed by atoms with Gasteiger partial charge in [0.1, 0.15) is 5.69 Å². The summed E-state index contributed by atoms with van der Waals surface area (Å²) in [5.74, 6) is -6.72. The molecular formula is C9H10F4N2O. The van der Waals surface area contributed by atoms with Crippen LogP contribution < -0.4 is 5.32 Å². The normalized spacial score (nSPS) is 11.7. The third kappa shape index (κ3) is 2.82. The molecule has 2 N–H and O–H groups in total. The van der Waals surface area contributed by atoms with Gasteiger partial charge in [0.15, 0.2) is 0 Å². The number of pyridine rings is 1. The number of nitrogens with one attached hydrogen (secondary N) is 1. The Morgan fingerprint density at radius 3 is 1.94 bits per heavy atom. The Bertz CT molecular complexity index is 377. The van der Waals surface area contributed by atoms with Gasteiger partial charge in [-0.15, -0.1) is 0 Å². The van der Waals surface area contributed by atoms with Crippen molar-refractivity contribution >= 4 is 5.69 Å². The lowest BCUT2D eigenvalue weighted by Crippen LogP contribution is -2.30. The number of aliphatic hydroxyl groups is 1. The second kappa shape index (κ2) is 4.25. The average Bonchev–Trinajstić information content (AvgIpc) is 2.13. The average molecular weight is 238 g/mol. The van der Waals surface area contributed by atoms with E-state index >= 15 is 0 Å². The number of aromatic nitrogens is 1. The smallest absolute Gasteiger partial charge is 0.253 e. The predicted octanol–water partition coefficient (Wildman–Crippen LogP) is 1.82. The summed E-state index contributed by atoms with van der Waals surface area (Å²) in [7, 11) is 0. The van der Waals surface area contributed by atoms with Crippen LogP contribution >= 0.6 is 0 Å². The van der Waals surface area contributed by atoms with E-state index in [0.29, 0.717) is 0 Å². The van der Waals surface area contributed by atoms with Crippen molar-refractivity contribution in [3.05, 3.63) is 23.5 Å². The molecule has 0 bridgehead atoms. The fourth-order valence-corrected chi connectivity index (χ4v) is 0.947. The van der Waals surface area contributed by atoms with Crippen molar-refractivity contribution in [3.63, 3.8) is 0 Å². The minimum atomic E-state index is -1.74. The van der Waals surface area contributed by atoms with E-state index in [9.17, 15) is 22.7 Å². The van der Waals surface area contributed by atoms with Crippen LogP contribution in [0.1, 0.15) is 13.8 Å². The standard InChI is InChI=1S/C9H10F4N2O/c1-9(2,16)3-14-6-4(10)7(12)15-8(13)5(6)11/h16H,3H2,1-2H3,(H,14,15). The minimum absolute atomic E-state index is 0.274. The number of halogens is 4. The molecule has 0 aliphatic rings. The molecule has 0 saturated carbocycles. The lowest BCUT2D eigenvalue weighted by Gasteiger charge is -2.19. The number of hydrogen-bond donors (Lipinski definition) is 2. The molecule has 1 aromatic rings. The zero-order chi connectivity index (χ0) is 12.5. The first-order chi connectivity index (χ1) is 7.22. The van der Waals surface area contributed by atoms with Crippen LogP contribution in [0.3, 0.4) is 0 Å². The summed E-state index contributed by atoms with van der Waals surface area (Å²) in [5.41, 5.74) is -2.26. The van der Waals surface area contributed by atoms with Crippen molar-refractivity contribution in [2.75, 3.05) is 11.9 Å². The zero-order valence-electron chi connectivity index (χ0n) is 8.61. The third-order valence-corrected chi connectivity index (χ3v) is 1.70. The van der Waals surface area contributed by atoms with Crippen molar-refractivity contribution in [2.24, 2.45) is 0 Å². The summed E-state index contributed by atoms with van der Waals surface area (Å²) in [4.78, 5) is 2.39. The van der Waals surface area contributed by atoms with E-state index in [-0.39, 0.29) is 6.54 Å². The molecule has 0 aliphatic carbocycles. The highest BCUT2D eigenvalue weighted by atomic mass is 19.2. The van der Waals surface area contributed by atoms with E-state index < -0.39 is 34.8 Å². The van der Waals surface area contributed by atoms with Crippen LogP contribution in [0.25, 0.3) is 0 Å². The van der Waals surface area contributed by atoms with Gasteiger partial charge in [0.05, 0.1) is 5.60 Å². The predicted molar refractivity (Wildman–Crippen MR) is 48.9 cm³/mol. The van der Waals surface area contributed by atoms with Crippen molar-refractivity contribution in [1.82, 2.24) is 4.98 Å². The highest BCUT2D eigenvalue weighted by Crippen LogP contribution is 2.22. The second-order valence-electron chi connectivity index (χ2n) is 3.86. The van der Waals surface area contributed by atoms with Crippen LogP contribution in [0.2, 0.25) is 0 Å². The molecule has 1 heterocycles. The lowest BCUT2D eigenvalue weighted by molar-refractivity contribution is 0.0943. The Kier molecular flexibility index (Phi) is 3.37. The topological polar surface area (TPSA) is 45.1 Å². The Morgan fingerprint density at radius 2 is 1.56 bits per heavy atom. The molecular weight excluding hydrogens is 228 g/mol. The maximum atomic E-state index is 13.0. The van der Waals surface area contributed by atoms with E-state index in [0.717, 1.165) is 0 Å². The van der Waals surface area contributed by atoms with Gasteiger partial charge in [-0.3, -0.25) is 0 Å². The van der Waals surface area contributed by atoms with Gasteiger partial charge in [-0.05, 0) is 13.8 Å². The molecule has 0 radical (unpaired) electrons. The maximum absolute atomic E-state index is 13.0. The number of anilines is 1. The fraction of sp³-hybridized carbons (Fsp3) is 0.444. The molecule has 0 fully saturated rings. The van der Waals surface area contributed by atoms with Crippen LogP contribution in [0.15, 0.2) is 0 Å². The van der Waals surface area contributed by atoms with Gasteiger partial charge in [-0.1, -0.05) is 0 Å². The van der Waals surface area contributed by atoms with E-state index in [1.807, 2.05) is 0 Å². The fourth-order valence-electron chi connectivity index (χ4n) is 0.947. The monoisotopic (exact) mass is 238 g/mol. The highest BCUT2D eigenvalue weighted by molar-refractivity contribution is 5.45. The largest absolute Gasteiger partial charge is 0.389 e. The molecule has 1 rings (SSSR count). The molecule has 0 amide bonds. The second-order valence-corrected chi connectivity index (χ2v) is 3.86. The van der Waals surface area contributed by atoms with Crippen molar-refractivity contribution < 1.29 is 22.7 Å². The van der Waals surface area contributed by atoms with Crippen LogP contribution in [-0.4, -0.2) is 22.2 Å². The first-order valence-corrected chi connectivity index (χ1v) is 4.38. The molecule has 0 aliphatic heterocycles. The van der Waals surface area contributed by atoms with Gasteiger partial charge in [0.2, 0.25) is 11.6 Å². The molecule has 0 aromatic carbocycles. The molecule has 0 saturated heterocycles. The summed E-state index contributed by atoms with van der Waals surface area (Å²) in [6.45, 7) is 2.46. The van der Waals surface area contributed by atoms with Crippen molar-refractivity contribution in [2.45, 2.75) is 19.4 Å². The molecule has 7 heteroatoms. The van der Waals surface area contributed by atoms with E-state index in [1.165, 1.54) is 13.8 Å². The van der Waals surface area contributed by atoms with E-state index in [1.54, 1.807) is 0 Å². The molecule has 3 nitrogen and oxygen atoms in total. The maximum Gasteiger partial charge on any atom is 0.253 e. The summed E-state index contributed by atoms with van der Waals surface area (Å²) in [6.07, 6.45) is 0. The quantitative estimate of drug-likeness (QED) is 0.623. The molecule has 90 valence electrons. The van der Waals surface area contributed by atoms with Crippen molar-refractivity contribution in [3.8, 4) is 0 Å². The van der Waals surface area contributed by atoms with Gasteiger partial charge in [-0.25, -0.2) is 0 Å². The molecule has 0 spiro atoms. The summed E-state index contributed by atoms with van der Waals surface area (Å²) < 4.78 is 51.3. The Labute approximate surface area is 89.1 Å². The highest BCUT2D eigenvalue weighted by Gasteiger charge is 2.22. The molecule has 0 unspecified atom stereocenters. The van der Waals surface area contributed by atoms with Gasteiger partial charge in [-0.2, -0.15) is 22.5 Å². The van der Waals surface area contributed by atoms with E-state index in [2.05, 4.69) is 10.3 Å². The number of hydrogen-bond acceptors (Lipinski definition) is 3. The van der Waals surface area contributed by atoms with Crippen molar-refractivity contribution in [1.29, 1.82) is 0 Å². The summed E-state index contributed by atoms with van der Waals surface area (Å²) >= 11 is 0. The summed E-state index contributed by atoms with van der Waals surface area (Å²) in [5, 5.41) is 11.4. The van der Waals surface area contributed by atoms with Gasteiger partial charge in [0, 0.05) is 6.54 Å². The molecule has 16 heavy (non-hydrogen) atoms. The van der Waals surface area contributed by atoms with Crippen LogP contribution in [0.4, 0.5) is 23.2 Å². The zero-order valence-corrected chi connectivity index (χ0v) is 8.61. The van der Waals surface area contributed by atoms with Crippen LogP contribution in [0, 0.1) is 23.5 Å². The van der Waals surface area contributed by atoms with Gasteiger partial charge < -0.3 is 10.4 Å². The van der Waals surface area contributed by atoms with Crippen LogP contribution in [0.5, 0.6) is 0 Å².